The first-order valence-corrected chi connectivity index (χ1v) is 8.16. The van der Waals surface area contributed by atoms with Gasteiger partial charge in [0.1, 0.15) is 22.0 Å². The molecule has 1 aromatic carbocycles. The van der Waals surface area contributed by atoms with Gasteiger partial charge in [-0.2, -0.15) is 0 Å². The highest BCUT2D eigenvalue weighted by Crippen LogP contribution is 2.24. The predicted octanol–water partition coefficient (Wildman–Crippen LogP) is 1.38. The zero-order chi connectivity index (χ0) is 15.6. The fourth-order valence-corrected chi connectivity index (χ4v) is 2.99. The van der Waals surface area contributed by atoms with E-state index in [0.717, 1.165) is 6.26 Å². The number of rotatable bonds is 5. The predicted molar refractivity (Wildman–Crippen MR) is 79.0 cm³/mol. The number of aromatic nitrogens is 2. The van der Waals surface area contributed by atoms with Crippen molar-refractivity contribution in [1.82, 2.24) is 9.97 Å². The topological polar surface area (TPSA) is 115 Å². The van der Waals surface area contributed by atoms with Crippen LogP contribution in [0.15, 0.2) is 24.5 Å². The fourth-order valence-electron chi connectivity index (χ4n) is 2.00. The zero-order valence-corrected chi connectivity index (χ0v) is 12.3. The summed E-state index contributed by atoms with van der Waals surface area (Å²) in [6, 6.07) is 3.88. The largest absolute Gasteiger partial charge is 0.366 e. The van der Waals surface area contributed by atoms with E-state index in [-0.39, 0.29) is 17.5 Å². The number of hydrogen-bond donors (Lipinski definition) is 1. The molecule has 0 bridgehead atoms. The summed E-state index contributed by atoms with van der Waals surface area (Å²) in [7, 11) is -3.13. The second kappa shape index (κ2) is 5.60. The van der Waals surface area contributed by atoms with Crippen molar-refractivity contribution < 1.29 is 13.3 Å². The van der Waals surface area contributed by atoms with E-state index < -0.39 is 14.8 Å². The summed E-state index contributed by atoms with van der Waals surface area (Å²) in [6.07, 6.45) is 2.47. The minimum Gasteiger partial charge on any atom is -0.366 e. The van der Waals surface area contributed by atoms with E-state index in [4.69, 9.17) is 0 Å². The molecule has 0 aliphatic carbocycles. The lowest BCUT2D eigenvalue weighted by molar-refractivity contribution is -0.384. The molecule has 0 saturated carbocycles. The van der Waals surface area contributed by atoms with Crippen molar-refractivity contribution in [2.24, 2.45) is 0 Å². The Bertz CT molecular complexity index is 791. The number of nitrogens with zero attached hydrogens (tertiary/aromatic N) is 3. The van der Waals surface area contributed by atoms with Crippen LogP contribution in [0, 0.1) is 10.1 Å². The number of non-ortho nitro benzene ring substituents is 1. The Labute approximate surface area is 121 Å². The molecule has 1 atom stereocenters. The molecule has 0 fully saturated rings. The number of sulfone groups is 1. The van der Waals surface area contributed by atoms with Crippen molar-refractivity contribution in [3.63, 3.8) is 0 Å². The van der Waals surface area contributed by atoms with Crippen LogP contribution in [-0.4, -0.2) is 41.4 Å². The van der Waals surface area contributed by atoms with E-state index in [1.54, 1.807) is 6.92 Å². The minimum atomic E-state index is -3.13. The number of fused-ring (bicyclic) bond motifs is 1. The van der Waals surface area contributed by atoms with Crippen LogP contribution < -0.4 is 5.32 Å². The fraction of sp³-hybridized carbons (Fsp3) is 0.333. The van der Waals surface area contributed by atoms with E-state index in [1.165, 1.54) is 24.5 Å². The Kier molecular flexibility index (Phi) is 4.03. The van der Waals surface area contributed by atoms with Gasteiger partial charge in [-0.1, -0.05) is 0 Å². The number of anilines is 1. The van der Waals surface area contributed by atoms with Gasteiger partial charge in [0, 0.05) is 29.8 Å². The highest BCUT2D eigenvalue weighted by molar-refractivity contribution is 7.90. The van der Waals surface area contributed by atoms with Gasteiger partial charge in [-0.05, 0) is 13.0 Å². The summed E-state index contributed by atoms with van der Waals surface area (Å²) >= 11 is 0. The van der Waals surface area contributed by atoms with Crippen molar-refractivity contribution in [2.75, 3.05) is 17.3 Å². The lowest BCUT2D eigenvalue weighted by atomic mass is 10.2. The Morgan fingerprint density at radius 1 is 1.38 bits per heavy atom. The van der Waals surface area contributed by atoms with Gasteiger partial charge in [0.25, 0.3) is 5.69 Å². The standard InChI is InChI=1S/C12H14N4O4S/c1-8(6-21(2,19)20)15-12-10-5-9(16(17)18)3-4-11(10)13-7-14-12/h3-5,7-8H,6H2,1-2H3,(H,13,14,15). The van der Waals surface area contributed by atoms with Crippen molar-refractivity contribution in [3.05, 3.63) is 34.6 Å². The Hall–Kier alpha value is -2.29. The Balaban J connectivity index is 2.39. The van der Waals surface area contributed by atoms with Crippen molar-refractivity contribution in [1.29, 1.82) is 0 Å². The van der Waals surface area contributed by atoms with E-state index >= 15 is 0 Å². The molecule has 1 aromatic heterocycles. The molecule has 0 aliphatic rings. The summed E-state index contributed by atoms with van der Waals surface area (Å²) in [4.78, 5) is 18.4. The molecular weight excluding hydrogens is 296 g/mol. The highest BCUT2D eigenvalue weighted by atomic mass is 32.2. The maximum atomic E-state index is 11.3. The van der Waals surface area contributed by atoms with Crippen LogP contribution >= 0.6 is 0 Å². The zero-order valence-electron chi connectivity index (χ0n) is 11.5. The third-order valence-electron chi connectivity index (χ3n) is 2.77. The number of nitro groups is 1. The molecule has 0 saturated heterocycles. The van der Waals surface area contributed by atoms with Gasteiger partial charge in [0.2, 0.25) is 0 Å². The van der Waals surface area contributed by atoms with Gasteiger partial charge in [0.05, 0.1) is 16.2 Å². The third-order valence-corrected chi connectivity index (χ3v) is 3.87. The van der Waals surface area contributed by atoms with Crippen LogP contribution in [-0.2, 0) is 9.84 Å². The van der Waals surface area contributed by atoms with Crippen LogP contribution in [0.25, 0.3) is 10.9 Å². The van der Waals surface area contributed by atoms with Crippen LogP contribution in [0.3, 0.4) is 0 Å². The number of benzene rings is 1. The molecule has 8 nitrogen and oxygen atoms in total. The maximum absolute atomic E-state index is 11.3. The summed E-state index contributed by atoms with van der Waals surface area (Å²) in [5.41, 5.74) is 0.473. The maximum Gasteiger partial charge on any atom is 0.270 e. The Morgan fingerprint density at radius 3 is 2.71 bits per heavy atom. The van der Waals surface area contributed by atoms with Crippen LogP contribution in [0.4, 0.5) is 11.5 Å². The molecule has 0 radical (unpaired) electrons. The molecule has 112 valence electrons. The smallest absolute Gasteiger partial charge is 0.270 e. The molecule has 0 amide bonds. The van der Waals surface area contributed by atoms with Gasteiger partial charge < -0.3 is 5.32 Å². The number of nitrogens with one attached hydrogen (secondary N) is 1. The second-order valence-electron chi connectivity index (χ2n) is 4.82. The average molecular weight is 310 g/mol. The monoisotopic (exact) mass is 310 g/mol. The highest BCUT2D eigenvalue weighted by Gasteiger charge is 2.14. The van der Waals surface area contributed by atoms with Crippen LogP contribution in [0.2, 0.25) is 0 Å². The van der Waals surface area contributed by atoms with Crippen LogP contribution in [0.1, 0.15) is 6.92 Å². The van der Waals surface area contributed by atoms with Crippen LogP contribution in [0.5, 0.6) is 0 Å². The summed E-state index contributed by atoms with van der Waals surface area (Å²) in [5, 5.41) is 14.3. The summed E-state index contributed by atoms with van der Waals surface area (Å²) in [5.74, 6) is 0.313. The number of nitro benzene ring substituents is 1. The van der Waals surface area contributed by atoms with Crippen molar-refractivity contribution in [2.45, 2.75) is 13.0 Å². The minimum absolute atomic E-state index is 0.0621. The van der Waals surface area contributed by atoms with E-state index in [0.29, 0.717) is 16.7 Å². The molecule has 9 heteroatoms. The molecular formula is C12H14N4O4S. The normalized spacial score (nSPS) is 13.0. The SMILES string of the molecule is CC(CS(C)(=O)=O)Nc1ncnc2ccc([N+](=O)[O-])cc12. The molecule has 1 N–H and O–H groups in total. The Morgan fingerprint density at radius 2 is 2.10 bits per heavy atom. The molecule has 2 rings (SSSR count). The molecule has 1 unspecified atom stereocenters. The van der Waals surface area contributed by atoms with Gasteiger partial charge >= 0.3 is 0 Å². The average Bonchev–Trinajstić information content (AvgIpc) is 2.36. The van der Waals surface area contributed by atoms with Gasteiger partial charge in [-0.25, -0.2) is 18.4 Å². The summed E-state index contributed by atoms with van der Waals surface area (Å²) < 4.78 is 22.6. The van der Waals surface area contributed by atoms with E-state index in [9.17, 15) is 18.5 Å². The lowest BCUT2D eigenvalue weighted by Gasteiger charge is -2.14. The quantitative estimate of drug-likeness (QED) is 0.655. The molecule has 1 heterocycles. The second-order valence-corrected chi connectivity index (χ2v) is 7.00. The first-order valence-electron chi connectivity index (χ1n) is 6.09. The lowest BCUT2D eigenvalue weighted by Crippen LogP contribution is -2.25. The third kappa shape index (κ3) is 3.85. The molecule has 21 heavy (non-hydrogen) atoms. The van der Waals surface area contributed by atoms with E-state index in [2.05, 4.69) is 15.3 Å². The van der Waals surface area contributed by atoms with Gasteiger partial charge in [-0.3, -0.25) is 10.1 Å². The molecule has 0 spiro atoms. The first-order chi connectivity index (χ1) is 9.76. The van der Waals surface area contributed by atoms with Gasteiger partial charge in [-0.15, -0.1) is 0 Å². The van der Waals surface area contributed by atoms with Crippen molar-refractivity contribution in [3.8, 4) is 0 Å². The first kappa shape index (κ1) is 15.1. The molecule has 2 aromatic rings. The number of hydrogen-bond acceptors (Lipinski definition) is 7. The van der Waals surface area contributed by atoms with E-state index in [1.807, 2.05) is 0 Å². The van der Waals surface area contributed by atoms with Gasteiger partial charge in [0.15, 0.2) is 0 Å². The molecule has 0 aliphatic heterocycles. The summed E-state index contributed by atoms with van der Waals surface area (Å²) in [6.45, 7) is 1.70. The van der Waals surface area contributed by atoms with Crippen molar-refractivity contribution >= 4 is 32.2 Å².